The lowest BCUT2D eigenvalue weighted by atomic mass is 10.2. The number of nitrogens with zero attached hydrogens (tertiary/aromatic N) is 2. The van der Waals surface area contributed by atoms with Crippen molar-refractivity contribution in [3.8, 4) is 0 Å². The third-order valence-corrected chi connectivity index (χ3v) is 3.93. The summed E-state index contributed by atoms with van der Waals surface area (Å²) < 4.78 is 36.2. The lowest BCUT2D eigenvalue weighted by Crippen LogP contribution is -2.48. The van der Waals surface area contributed by atoms with Crippen molar-refractivity contribution >= 4 is 23.2 Å². The number of carbonyl (C=O) groups excluding carboxylic acids is 1. The number of hydrogen-bond acceptors (Lipinski definition) is 2. The smallest absolute Gasteiger partial charge is 0.368 e. The SMILES string of the molecule is O=C(CCCC(F)(F)F)N1CCN(c2ccc(Cl)cc2)CC1. The van der Waals surface area contributed by atoms with Gasteiger partial charge in [0.15, 0.2) is 0 Å². The fourth-order valence-electron chi connectivity index (χ4n) is 2.46. The Morgan fingerprint density at radius 2 is 1.68 bits per heavy atom. The van der Waals surface area contributed by atoms with Gasteiger partial charge < -0.3 is 9.80 Å². The highest BCUT2D eigenvalue weighted by Gasteiger charge is 2.27. The Hall–Kier alpha value is -1.43. The summed E-state index contributed by atoms with van der Waals surface area (Å²) in [4.78, 5) is 15.7. The topological polar surface area (TPSA) is 23.6 Å². The third kappa shape index (κ3) is 5.09. The van der Waals surface area contributed by atoms with E-state index in [2.05, 4.69) is 4.90 Å². The number of benzene rings is 1. The molecule has 1 aliphatic rings. The molecular weight excluding hydrogens is 317 g/mol. The van der Waals surface area contributed by atoms with E-state index in [0.29, 0.717) is 31.2 Å². The summed E-state index contributed by atoms with van der Waals surface area (Å²) in [5.41, 5.74) is 1.04. The van der Waals surface area contributed by atoms with E-state index in [9.17, 15) is 18.0 Å². The summed E-state index contributed by atoms with van der Waals surface area (Å²) in [5.74, 6) is -0.194. The molecule has 1 saturated heterocycles. The number of rotatable bonds is 4. The van der Waals surface area contributed by atoms with Crippen LogP contribution in [-0.4, -0.2) is 43.2 Å². The predicted octanol–water partition coefficient (Wildman–Crippen LogP) is 3.72. The normalized spacial score (nSPS) is 16.0. The maximum atomic E-state index is 12.1. The number of alkyl halides is 3. The molecule has 1 fully saturated rings. The number of carbonyl (C=O) groups is 1. The first-order valence-electron chi connectivity index (χ1n) is 7.20. The van der Waals surface area contributed by atoms with Gasteiger partial charge >= 0.3 is 6.18 Å². The summed E-state index contributed by atoms with van der Waals surface area (Å²) >= 11 is 5.84. The van der Waals surface area contributed by atoms with Crippen LogP contribution in [0.1, 0.15) is 19.3 Å². The number of piperazine rings is 1. The molecule has 0 aromatic heterocycles. The molecule has 1 heterocycles. The molecule has 22 heavy (non-hydrogen) atoms. The summed E-state index contributed by atoms with van der Waals surface area (Å²) in [6, 6.07) is 7.46. The molecule has 0 bridgehead atoms. The summed E-state index contributed by atoms with van der Waals surface area (Å²) in [6.45, 7) is 2.42. The van der Waals surface area contributed by atoms with Gasteiger partial charge in [-0.25, -0.2) is 0 Å². The Balaban J connectivity index is 1.77. The van der Waals surface area contributed by atoms with E-state index < -0.39 is 12.6 Å². The first-order valence-corrected chi connectivity index (χ1v) is 7.58. The Kier molecular flexibility index (Phi) is 5.56. The standard InChI is InChI=1S/C15H18ClF3N2O/c16-12-3-5-13(6-4-12)20-8-10-21(11-9-20)14(22)2-1-7-15(17,18)19/h3-6H,1-2,7-11H2. The monoisotopic (exact) mass is 334 g/mol. The zero-order valence-corrected chi connectivity index (χ0v) is 12.8. The highest BCUT2D eigenvalue weighted by Crippen LogP contribution is 2.23. The van der Waals surface area contributed by atoms with Crippen LogP contribution in [0.3, 0.4) is 0 Å². The Morgan fingerprint density at radius 3 is 2.23 bits per heavy atom. The quantitative estimate of drug-likeness (QED) is 0.838. The molecule has 1 aliphatic heterocycles. The maximum Gasteiger partial charge on any atom is 0.389 e. The van der Waals surface area contributed by atoms with E-state index in [0.717, 1.165) is 5.69 Å². The number of anilines is 1. The molecule has 3 nitrogen and oxygen atoms in total. The first-order chi connectivity index (χ1) is 10.3. The second-order valence-corrected chi connectivity index (χ2v) is 5.75. The van der Waals surface area contributed by atoms with E-state index in [1.165, 1.54) is 0 Å². The zero-order valence-electron chi connectivity index (χ0n) is 12.1. The number of hydrogen-bond donors (Lipinski definition) is 0. The van der Waals surface area contributed by atoms with E-state index in [1.54, 1.807) is 4.90 Å². The molecular formula is C15H18ClF3N2O. The maximum absolute atomic E-state index is 12.1. The predicted molar refractivity (Wildman–Crippen MR) is 80.2 cm³/mol. The minimum atomic E-state index is -4.19. The van der Waals surface area contributed by atoms with Gasteiger partial charge in [-0.2, -0.15) is 13.2 Å². The van der Waals surface area contributed by atoms with Crippen LogP contribution in [0.15, 0.2) is 24.3 Å². The molecule has 0 aliphatic carbocycles. The van der Waals surface area contributed by atoms with Gasteiger partial charge in [0.2, 0.25) is 5.91 Å². The van der Waals surface area contributed by atoms with E-state index in [-0.39, 0.29) is 18.7 Å². The Labute approximate surface area is 132 Å². The van der Waals surface area contributed by atoms with Crippen molar-refractivity contribution in [2.24, 2.45) is 0 Å². The molecule has 0 spiro atoms. The van der Waals surface area contributed by atoms with Crippen molar-refractivity contribution in [3.63, 3.8) is 0 Å². The molecule has 1 amide bonds. The lowest BCUT2D eigenvalue weighted by Gasteiger charge is -2.36. The Bertz CT molecular complexity index is 497. The number of amides is 1. The van der Waals surface area contributed by atoms with Gasteiger partial charge in [0, 0.05) is 49.7 Å². The molecule has 0 atom stereocenters. The van der Waals surface area contributed by atoms with Crippen LogP contribution < -0.4 is 4.90 Å². The van der Waals surface area contributed by atoms with E-state index >= 15 is 0 Å². The van der Waals surface area contributed by atoms with Crippen molar-refractivity contribution in [1.82, 2.24) is 4.90 Å². The average molecular weight is 335 g/mol. The van der Waals surface area contributed by atoms with Crippen LogP contribution in [0.5, 0.6) is 0 Å². The molecule has 0 radical (unpaired) electrons. The van der Waals surface area contributed by atoms with Crippen molar-refractivity contribution in [1.29, 1.82) is 0 Å². The average Bonchev–Trinajstić information content (AvgIpc) is 2.47. The molecule has 1 aromatic rings. The van der Waals surface area contributed by atoms with Crippen molar-refractivity contribution in [2.45, 2.75) is 25.4 Å². The number of halogens is 4. The fourth-order valence-corrected chi connectivity index (χ4v) is 2.59. The minimum absolute atomic E-state index is 0.0412. The Morgan fingerprint density at radius 1 is 1.09 bits per heavy atom. The molecule has 0 saturated carbocycles. The van der Waals surface area contributed by atoms with Crippen molar-refractivity contribution < 1.29 is 18.0 Å². The molecule has 1 aromatic carbocycles. The third-order valence-electron chi connectivity index (χ3n) is 3.68. The van der Waals surface area contributed by atoms with Crippen LogP contribution in [0.2, 0.25) is 5.02 Å². The fraction of sp³-hybridized carbons (Fsp3) is 0.533. The molecule has 0 N–H and O–H groups in total. The molecule has 2 rings (SSSR count). The summed E-state index contributed by atoms with van der Waals surface area (Å²) in [6.07, 6.45) is -5.27. The second kappa shape index (κ2) is 7.22. The molecule has 122 valence electrons. The molecule has 0 unspecified atom stereocenters. The van der Waals surface area contributed by atoms with E-state index in [1.807, 2.05) is 24.3 Å². The van der Waals surface area contributed by atoms with Gasteiger partial charge in [-0.15, -0.1) is 0 Å². The molecule has 7 heteroatoms. The van der Waals surface area contributed by atoms with Crippen LogP contribution in [-0.2, 0) is 4.79 Å². The van der Waals surface area contributed by atoms with Crippen LogP contribution in [0, 0.1) is 0 Å². The minimum Gasteiger partial charge on any atom is -0.368 e. The lowest BCUT2D eigenvalue weighted by molar-refractivity contribution is -0.140. The highest BCUT2D eigenvalue weighted by molar-refractivity contribution is 6.30. The van der Waals surface area contributed by atoms with Gasteiger partial charge in [0.25, 0.3) is 0 Å². The summed E-state index contributed by atoms with van der Waals surface area (Å²) in [7, 11) is 0. The van der Waals surface area contributed by atoms with Gasteiger partial charge in [-0.3, -0.25) is 4.79 Å². The summed E-state index contributed by atoms with van der Waals surface area (Å²) in [5, 5.41) is 0.669. The zero-order chi connectivity index (χ0) is 16.2. The van der Waals surface area contributed by atoms with Crippen LogP contribution in [0.25, 0.3) is 0 Å². The largest absolute Gasteiger partial charge is 0.389 e. The van der Waals surface area contributed by atoms with E-state index in [4.69, 9.17) is 11.6 Å². The van der Waals surface area contributed by atoms with Gasteiger partial charge in [0.1, 0.15) is 0 Å². The van der Waals surface area contributed by atoms with Gasteiger partial charge in [-0.1, -0.05) is 11.6 Å². The van der Waals surface area contributed by atoms with Crippen molar-refractivity contribution in [2.75, 3.05) is 31.1 Å². The second-order valence-electron chi connectivity index (χ2n) is 5.31. The van der Waals surface area contributed by atoms with Gasteiger partial charge in [0.05, 0.1) is 0 Å². The van der Waals surface area contributed by atoms with Crippen molar-refractivity contribution in [3.05, 3.63) is 29.3 Å². The van der Waals surface area contributed by atoms with Crippen LogP contribution in [0.4, 0.5) is 18.9 Å². The first kappa shape index (κ1) is 16.9. The highest BCUT2D eigenvalue weighted by atomic mass is 35.5. The van der Waals surface area contributed by atoms with Gasteiger partial charge in [-0.05, 0) is 30.7 Å². The van der Waals surface area contributed by atoms with Crippen LogP contribution >= 0.6 is 11.6 Å².